The first-order chi connectivity index (χ1) is 11.1. The van der Waals surface area contributed by atoms with Crippen LogP contribution in [0, 0.1) is 0 Å². The van der Waals surface area contributed by atoms with Gasteiger partial charge in [-0.1, -0.05) is 24.3 Å². The number of nitrogens with one attached hydrogen (secondary N) is 1. The Morgan fingerprint density at radius 3 is 2.70 bits per heavy atom. The number of nitrogens with zero attached hydrogens (tertiary/aromatic N) is 2. The number of aromatic nitrogens is 2. The van der Waals surface area contributed by atoms with Crippen molar-refractivity contribution in [2.24, 2.45) is 5.73 Å². The molecule has 7 heteroatoms. The second-order valence-electron chi connectivity index (χ2n) is 4.80. The third-order valence-corrected chi connectivity index (χ3v) is 3.18. The topological polar surface area (TPSA) is 99.2 Å². The molecule has 2 amide bonds. The summed E-state index contributed by atoms with van der Waals surface area (Å²) in [6.45, 7) is -0.293. The number of hydrogen-bond donors (Lipinski definition) is 2. The van der Waals surface area contributed by atoms with Gasteiger partial charge in [0, 0.05) is 0 Å². The van der Waals surface area contributed by atoms with Crippen LogP contribution in [-0.4, -0.2) is 28.1 Å². The minimum atomic E-state index is -0.610. The maximum atomic E-state index is 12.5. The molecule has 23 heavy (non-hydrogen) atoms. The van der Waals surface area contributed by atoms with E-state index < -0.39 is 5.91 Å². The van der Waals surface area contributed by atoms with Gasteiger partial charge in [-0.3, -0.25) is 15.0 Å². The number of hydrogen-bond acceptors (Lipinski definition) is 4. The highest BCUT2D eigenvalue weighted by atomic mass is 16.5. The molecule has 0 saturated carbocycles. The summed E-state index contributed by atoms with van der Waals surface area (Å²) in [5.74, 6) is -0.706. The third kappa shape index (κ3) is 3.13. The van der Waals surface area contributed by atoms with Crippen LogP contribution < -0.4 is 15.9 Å². The van der Waals surface area contributed by atoms with Crippen molar-refractivity contribution < 1.29 is 14.3 Å². The van der Waals surface area contributed by atoms with Crippen LogP contribution in [0.15, 0.2) is 54.9 Å². The van der Waals surface area contributed by atoms with Crippen LogP contribution in [0.4, 0.5) is 0 Å². The molecule has 0 aliphatic carbocycles. The van der Waals surface area contributed by atoms with Crippen molar-refractivity contribution in [3.63, 3.8) is 0 Å². The molecule has 7 nitrogen and oxygen atoms in total. The predicted octanol–water partition coefficient (Wildman–Crippen LogP) is 1.28. The molecule has 1 aromatic heterocycles. The van der Waals surface area contributed by atoms with Crippen molar-refractivity contribution in [3.05, 3.63) is 60.4 Å². The average molecular weight is 310 g/mol. The standard InChI is InChI=1S/C16H14N4O3/c17-15(21)9-23-14-8-4-1-5-11(14)16(22)19-20-10-18-12-6-2-3-7-13(12)20/h1-8,10H,9H2,(H2,17,21)(H,19,22). The molecule has 116 valence electrons. The van der Waals surface area contributed by atoms with Gasteiger partial charge >= 0.3 is 0 Å². The molecular weight excluding hydrogens is 296 g/mol. The summed E-state index contributed by atoms with van der Waals surface area (Å²) in [6.07, 6.45) is 1.52. The van der Waals surface area contributed by atoms with E-state index >= 15 is 0 Å². The zero-order chi connectivity index (χ0) is 16.2. The molecule has 0 bridgehead atoms. The van der Waals surface area contributed by atoms with Crippen molar-refractivity contribution in [2.45, 2.75) is 0 Å². The number of benzene rings is 2. The van der Waals surface area contributed by atoms with Crippen LogP contribution in [0.2, 0.25) is 0 Å². The molecule has 0 spiro atoms. The fourth-order valence-electron chi connectivity index (χ4n) is 2.15. The largest absolute Gasteiger partial charge is 0.483 e. The first kappa shape index (κ1) is 14.6. The Kier molecular flexibility index (Phi) is 3.92. The molecule has 0 fully saturated rings. The first-order valence-corrected chi connectivity index (χ1v) is 6.89. The van der Waals surface area contributed by atoms with Crippen LogP contribution in [0.3, 0.4) is 0 Å². The number of amides is 2. The van der Waals surface area contributed by atoms with Gasteiger partial charge in [0.05, 0.1) is 16.6 Å². The number of para-hydroxylation sites is 3. The summed E-state index contributed by atoms with van der Waals surface area (Å²) >= 11 is 0. The summed E-state index contributed by atoms with van der Waals surface area (Å²) in [5, 5.41) is 0. The molecule has 0 aliphatic heterocycles. The van der Waals surface area contributed by atoms with Crippen molar-refractivity contribution in [1.29, 1.82) is 0 Å². The monoisotopic (exact) mass is 310 g/mol. The van der Waals surface area contributed by atoms with E-state index in [1.807, 2.05) is 24.3 Å². The van der Waals surface area contributed by atoms with E-state index in [9.17, 15) is 9.59 Å². The van der Waals surface area contributed by atoms with Gasteiger partial charge < -0.3 is 10.5 Å². The number of imidazole rings is 1. The SMILES string of the molecule is NC(=O)COc1ccccc1C(=O)Nn1cnc2ccccc21. The Morgan fingerprint density at radius 2 is 1.87 bits per heavy atom. The van der Waals surface area contributed by atoms with Gasteiger partial charge in [0.25, 0.3) is 11.8 Å². The van der Waals surface area contributed by atoms with Crippen LogP contribution >= 0.6 is 0 Å². The highest BCUT2D eigenvalue weighted by Gasteiger charge is 2.14. The smallest absolute Gasteiger partial charge is 0.273 e. The molecule has 1 heterocycles. The number of ether oxygens (including phenoxy) is 1. The maximum absolute atomic E-state index is 12.5. The lowest BCUT2D eigenvalue weighted by Gasteiger charge is -2.11. The Labute approximate surface area is 131 Å². The number of primary amides is 1. The fraction of sp³-hybridized carbons (Fsp3) is 0.0625. The van der Waals surface area contributed by atoms with Crippen molar-refractivity contribution in [3.8, 4) is 5.75 Å². The molecule has 0 radical (unpaired) electrons. The normalized spacial score (nSPS) is 10.4. The van der Waals surface area contributed by atoms with Gasteiger partial charge in [-0.2, -0.15) is 0 Å². The summed E-state index contributed by atoms with van der Waals surface area (Å²) in [6, 6.07) is 14.0. The van der Waals surface area contributed by atoms with Crippen LogP contribution in [0.25, 0.3) is 11.0 Å². The minimum Gasteiger partial charge on any atom is -0.483 e. The molecule has 0 atom stereocenters. The van der Waals surface area contributed by atoms with Crippen molar-refractivity contribution in [2.75, 3.05) is 12.0 Å². The van der Waals surface area contributed by atoms with E-state index in [2.05, 4.69) is 10.4 Å². The lowest BCUT2D eigenvalue weighted by atomic mass is 10.2. The van der Waals surface area contributed by atoms with Crippen LogP contribution in [0.1, 0.15) is 10.4 Å². The Balaban J connectivity index is 1.85. The fourth-order valence-corrected chi connectivity index (χ4v) is 2.15. The molecule has 3 rings (SSSR count). The zero-order valence-electron chi connectivity index (χ0n) is 12.1. The Morgan fingerprint density at radius 1 is 1.13 bits per heavy atom. The molecule has 0 unspecified atom stereocenters. The van der Waals surface area contributed by atoms with Gasteiger partial charge in [0.1, 0.15) is 12.1 Å². The van der Waals surface area contributed by atoms with E-state index in [1.54, 1.807) is 24.3 Å². The number of rotatable bonds is 5. The predicted molar refractivity (Wildman–Crippen MR) is 84.6 cm³/mol. The van der Waals surface area contributed by atoms with Gasteiger partial charge in [-0.05, 0) is 24.3 Å². The Hall–Kier alpha value is -3.35. The summed E-state index contributed by atoms with van der Waals surface area (Å²) in [5.41, 5.74) is 9.63. The summed E-state index contributed by atoms with van der Waals surface area (Å²) in [7, 11) is 0. The highest BCUT2D eigenvalue weighted by Crippen LogP contribution is 2.18. The molecule has 3 aromatic rings. The van der Waals surface area contributed by atoms with E-state index in [1.165, 1.54) is 11.0 Å². The molecular formula is C16H14N4O3. The van der Waals surface area contributed by atoms with Gasteiger partial charge in [-0.15, -0.1) is 0 Å². The lowest BCUT2D eigenvalue weighted by molar-refractivity contribution is -0.119. The van der Waals surface area contributed by atoms with E-state index in [4.69, 9.17) is 10.5 Å². The van der Waals surface area contributed by atoms with Crippen LogP contribution in [0.5, 0.6) is 5.75 Å². The molecule has 0 aliphatic rings. The van der Waals surface area contributed by atoms with E-state index in [0.29, 0.717) is 5.56 Å². The van der Waals surface area contributed by atoms with Gasteiger partial charge in [-0.25, -0.2) is 9.66 Å². The molecule has 3 N–H and O–H groups in total. The third-order valence-electron chi connectivity index (χ3n) is 3.18. The first-order valence-electron chi connectivity index (χ1n) is 6.89. The molecule has 0 saturated heterocycles. The summed E-state index contributed by atoms with van der Waals surface area (Å²) < 4.78 is 6.80. The highest BCUT2D eigenvalue weighted by molar-refractivity contribution is 6.03. The average Bonchev–Trinajstić information content (AvgIpc) is 2.96. The Bertz CT molecular complexity index is 872. The van der Waals surface area contributed by atoms with E-state index in [0.717, 1.165) is 11.0 Å². The second-order valence-corrected chi connectivity index (χ2v) is 4.80. The quantitative estimate of drug-likeness (QED) is 0.741. The van der Waals surface area contributed by atoms with Gasteiger partial charge in [0.15, 0.2) is 6.61 Å². The molecule has 2 aromatic carbocycles. The minimum absolute atomic E-state index is 0.285. The van der Waals surface area contributed by atoms with Crippen molar-refractivity contribution in [1.82, 2.24) is 9.66 Å². The van der Waals surface area contributed by atoms with E-state index in [-0.39, 0.29) is 18.3 Å². The second kappa shape index (κ2) is 6.18. The maximum Gasteiger partial charge on any atom is 0.273 e. The zero-order valence-corrected chi connectivity index (χ0v) is 12.1. The van der Waals surface area contributed by atoms with Gasteiger partial charge in [0.2, 0.25) is 0 Å². The lowest BCUT2D eigenvalue weighted by Crippen LogP contribution is -2.24. The summed E-state index contributed by atoms with van der Waals surface area (Å²) in [4.78, 5) is 27.5. The van der Waals surface area contributed by atoms with Crippen LogP contribution in [-0.2, 0) is 4.79 Å². The number of fused-ring (bicyclic) bond motifs is 1. The number of nitrogens with two attached hydrogens (primary N) is 1. The number of carbonyl (C=O) groups is 2. The van der Waals surface area contributed by atoms with Crippen molar-refractivity contribution >= 4 is 22.8 Å². The number of carbonyl (C=O) groups excluding carboxylic acids is 2.